The van der Waals surface area contributed by atoms with Crippen LogP contribution in [0.4, 0.5) is 0 Å². The molecule has 3 amide bonds. The molecule has 1 aromatic carbocycles. The maximum Gasteiger partial charge on any atom is 0.270 e. The third-order valence-corrected chi connectivity index (χ3v) is 6.98. The number of benzene rings is 1. The summed E-state index contributed by atoms with van der Waals surface area (Å²) in [7, 11) is 0. The Hall–Kier alpha value is -2.76. The van der Waals surface area contributed by atoms with E-state index in [0.717, 1.165) is 15.0 Å². The highest BCUT2D eigenvalue weighted by atomic mass is 79.9. The van der Waals surface area contributed by atoms with Gasteiger partial charge in [-0.3, -0.25) is 18.8 Å². The Labute approximate surface area is 202 Å². The van der Waals surface area contributed by atoms with Crippen LogP contribution in [-0.4, -0.2) is 62.9 Å². The molecule has 174 valence electrons. The number of amides is 3. The Morgan fingerprint density at radius 2 is 1.94 bits per heavy atom. The number of carbonyl (C=O) groups excluding carboxylic acids is 3. The molecule has 1 aliphatic heterocycles. The minimum atomic E-state index is -1.03. The lowest BCUT2D eigenvalue weighted by molar-refractivity contribution is -0.145. The Kier molecular flexibility index (Phi) is 6.55. The molecule has 3 heterocycles. The highest BCUT2D eigenvalue weighted by molar-refractivity contribution is 9.10. The van der Waals surface area contributed by atoms with Crippen molar-refractivity contribution in [3.63, 3.8) is 0 Å². The minimum Gasteiger partial charge on any atom is -0.394 e. The second-order valence-electron chi connectivity index (χ2n) is 8.33. The van der Waals surface area contributed by atoms with Crippen molar-refractivity contribution in [2.24, 2.45) is 5.92 Å². The molecule has 0 aliphatic carbocycles. The van der Waals surface area contributed by atoms with Gasteiger partial charge in [0.25, 0.3) is 5.91 Å². The van der Waals surface area contributed by atoms with Crippen molar-refractivity contribution in [3.8, 4) is 0 Å². The standard InChI is InChI=1S/C22H24BrN5O4S/c1-13(2)18(30)25-16(10-29)20(32)27-11-22(12-27,14-3-5-15(23)6-4-14)26-19(31)17-9-24-21-28(17)7-8-33-21/h3-9,13,16,29H,10-12H2,1-2H3,(H,25,30)(H,26,31)/t16-/m0/s1. The maximum absolute atomic E-state index is 13.2. The number of hydrogen-bond donors (Lipinski definition) is 3. The summed E-state index contributed by atoms with van der Waals surface area (Å²) in [6, 6.07) is 6.52. The van der Waals surface area contributed by atoms with Crippen molar-refractivity contribution in [1.82, 2.24) is 24.9 Å². The molecule has 1 aliphatic rings. The van der Waals surface area contributed by atoms with Crippen LogP contribution in [0.15, 0.2) is 46.5 Å². The topological polar surface area (TPSA) is 116 Å². The van der Waals surface area contributed by atoms with Gasteiger partial charge in [0.05, 0.1) is 12.8 Å². The van der Waals surface area contributed by atoms with Gasteiger partial charge in [0.15, 0.2) is 4.96 Å². The van der Waals surface area contributed by atoms with Crippen LogP contribution in [0.5, 0.6) is 0 Å². The maximum atomic E-state index is 13.2. The first kappa shape index (κ1) is 23.4. The first-order valence-corrected chi connectivity index (χ1v) is 12.1. The third kappa shape index (κ3) is 4.53. The van der Waals surface area contributed by atoms with Gasteiger partial charge in [0, 0.05) is 35.1 Å². The van der Waals surface area contributed by atoms with Crippen LogP contribution in [-0.2, 0) is 15.1 Å². The van der Waals surface area contributed by atoms with E-state index in [0.29, 0.717) is 5.69 Å². The molecule has 0 spiro atoms. The summed E-state index contributed by atoms with van der Waals surface area (Å²) in [6.07, 6.45) is 3.31. The predicted molar refractivity (Wildman–Crippen MR) is 127 cm³/mol. The van der Waals surface area contributed by atoms with Crippen molar-refractivity contribution in [1.29, 1.82) is 0 Å². The Balaban J connectivity index is 1.55. The number of halogens is 1. The number of likely N-dealkylation sites (tertiary alicyclic amines) is 1. The number of fused-ring (bicyclic) bond motifs is 1. The summed E-state index contributed by atoms with van der Waals surface area (Å²) in [5, 5.41) is 17.2. The van der Waals surface area contributed by atoms with Crippen LogP contribution in [0.25, 0.3) is 4.96 Å². The molecular formula is C22H24BrN5O4S. The van der Waals surface area contributed by atoms with Gasteiger partial charge in [-0.15, -0.1) is 11.3 Å². The average molecular weight is 534 g/mol. The van der Waals surface area contributed by atoms with Crippen LogP contribution in [0.1, 0.15) is 29.9 Å². The molecule has 2 aromatic heterocycles. The zero-order valence-electron chi connectivity index (χ0n) is 18.1. The molecule has 3 aromatic rings. The summed E-state index contributed by atoms with van der Waals surface area (Å²) in [5.41, 5.74) is 0.446. The summed E-state index contributed by atoms with van der Waals surface area (Å²) in [4.78, 5) is 44.7. The molecule has 1 atom stereocenters. The second-order valence-corrected chi connectivity index (χ2v) is 10.1. The van der Waals surface area contributed by atoms with Crippen molar-refractivity contribution in [2.45, 2.75) is 25.4 Å². The fourth-order valence-electron chi connectivity index (χ4n) is 3.78. The van der Waals surface area contributed by atoms with Crippen molar-refractivity contribution in [3.05, 3.63) is 57.8 Å². The second kappa shape index (κ2) is 9.24. The predicted octanol–water partition coefficient (Wildman–Crippen LogP) is 1.76. The van der Waals surface area contributed by atoms with E-state index in [9.17, 15) is 19.5 Å². The number of hydrogen-bond acceptors (Lipinski definition) is 6. The summed E-state index contributed by atoms with van der Waals surface area (Å²) in [6.45, 7) is 3.34. The number of aliphatic hydroxyl groups is 1. The fraction of sp³-hybridized carbons (Fsp3) is 0.364. The van der Waals surface area contributed by atoms with Gasteiger partial charge in [-0.25, -0.2) is 4.98 Å². The summed E-state index contributed by atoms with van der Waals surface area (Å²) < 4.78 is 2.62. The van der Waals surface area contributed by atoms with Gasteiger partial charge in [0.2, 0.25) is 11.8 Å². The number of imidazole rings is 1. The van der Waals surface area contributed by atoms with Crippen LogP contribution in [0.3, 0.4) is 0 Å². The zero-order valence-corrected chi connectivity index (χ0v) is 20.5. The van der Waals surface area contributed by atoms with Gasteiger partial charge in [0.1, 0.15) is 17.3 Å². The Bertz CT molecular complexity index is 1180. The average Bonchev–Trinajstić information content (AvgIpc) is 3.38. The first-order chi connectivity index (χ1) is 15.7. The first-order valence-electron chi connectivity index (χ1n) is 10.4. The number of nitrogens with one attached hydrogen (secondary N) is 2. The Morgan fingerprint density at radius 3 is 2.58 bits per heavy atom. The van der Waals surface area contributed by atoms with E-state index in [-0.39, 0.29) is 30.8 Å². The summed E-state index contributed by atoms with van der Waals surface area (Å²) >= 11 is 4.86. The molecule has 0 saturated carbocycles. The molecule has 0 radical (unpaired) electrons. The lowest BCUT2D eigenvalue weighted by atomic mass is 9.81. The number of aliphatic hydroxyl groups excluding tert-OH is 1. The molecule has 1 fully saturated rings. The monoisotopic (exact) mass is 533 g/mol. The van der Waals surface area contributed by atoms with E-state index in [1.165, 1.54) is 22.4 Å². The molecule has 33 heavy (non-hydrogen) atoms. The fourth-order valence-corrected chi connectivity index (χ4v) is 4.74. The van der Waals surface area contributed by atoms with Gasteiger partial charge >= 0.3 is 0 Å². The highest BCUT2D eigenvalue weighted by Gasteiger charge is 2.49. The van der Waals surface area contributed by atoms with Crippen molar-refractivity contribution in [2.75, 3.05) is 19.7 Å². The van der Waals surface area contributed by atoms with Crippen LogP contribution in [0.2, 0.25) is 0 Å². The normalized spacial score (nSPS) is 15.8. The number of thiazole rings is 1. The quantitative estimate of drug-likeness (QED) is 0.428. The van der Waals surface area contributed by atoms with Crippen LogP contribution >= 0.6 is 27.3 Å². The number of aromatic nitrogens is 2. The molecule has 1 saturated heterocycles. The van der Waals surface area contributed by atoms with E-state index in [1.807, 2.05) is 29.6 Å². The molecule has 11 heteroatoms. The highest BCUT2D eigenvalue weighted by Crippen LogP contribution is 2.34. The lowest BCUT2D eigenvalue weighted by Gasteiger charge is -2.51. The van der Waals surface area contributed by atoms with E-state index in [2.05, 4.69) is 31.5 Å². The SMILES string of the molecule is CC(C)C(=O)N[C@@H](CO)C(=O)N1CC(NC(=O)c2cnc3sccn23)(c2ccc(Br)cc2)C1. The largest absolute Gasteiger partial charge is 0.394 e. The smallest absolute Gasteiger partial charge is 0.270 e. The van der Waals surface area contributed by atoms with Crippen LogP contribution < -0.4 is 10.6 Å². The molecule has 0 bridgehead atoms. The summed E-state index contributed by atoms with van der Waals surface area (Å²) in [5.74, 6) is -1.31. The van der Waals surface area contributed by atoms with Gasteiger partial charge < -0.3 is 20.6 Å². The zero-order chi connectivity index (χ0) is 23.8. The van der Waals surface area contributed by atoms with Crippen molar-refractivity contribution < 1.29 is 19.5 Å². The Morgan fingerprint density at radius 1 is 1.24 bits per heavy atom. The molecule has 3 N–H and O–H groups in total. The van der Waals surface area contributed by atoms with E-state index >= 15 is 0 Å². The van der Waals surface area contributed by atoms with E-state index in [1.54, 1.807) is 24.4 Å². The molecule has 4 rings (SSSR count). The van der Waals surface area contributed by atoms with Gasteiger partial charge in [-0.2, -0.15) is 0 Å². The lowest BCUT2D eigenvalue weighted by Crippen LogP contribution is -2.71. The molecular weight excluding hydrogens is 510 g/mol. The van der Waals surface area contributed by atoms with Crippen molar-refractivity contribution >= 4 is 49.9 Å². The third-order valence-electron chi connectivity index (χ3n) is 5.68. The van der Waals surface area contributed by atoms with Gasteiger partial charge in [-0.1, -0.05) is 41.9 Å². The number of rotatable bonds is 7. The molecule has 9 nitrogen and oxygen atoms in total. The van der Waals surface area contributed by atoms with Gasteiger partial charge in [-0.05, 0) is 17.7 Å². The van der Waals surface area contributed by atoms with E-state index in [4.69, 9.17) is 0 Å². The molecule has 0 unspecified atom stereocenters. The number of carbonyl (C=O) groups is 3. The van der Waals surface area contributed by atoms with E-state index < -0.39 is 24.1 Å². The minimum absolute atomic E-state index is 0.207. The number of nitrogens with zero attached hydrogens (tertiary/aromatic N) is 3. The van der Waals surface area contributed by atoms with Crippen LogP contribution in [0, 0.1) is 5.92 Å².